The number of benzene rings is 1. The third-order valence-electron chi connectivity index (χ3n) is 9.74. The van der Waals surface area contributed by atoms with Gasteiger partial charge in [-0.2, -0.15) is 0 Å². The first-order valence-corrected chi connectivity index (χ1v) is 16.6. The van der Waals surface area contributed by atoms with Crippen molar-refractivity contribution < 1.29 is 13.2 Å². The highest BCUT2D eigenvalue weighted by molar-refractivity contribution is 7.92. The van der Waals surface area contributed by atoms with Gasteiger partial charge in [-0.25, -0.2) is 13.4 Å². The van der Waals surface area contributed by atoms with E-state index >= 15 is 0 Å². The van der Waals surface area contributed by atoms with Crippen molar-refractivity contribution in [2.24, 2.45) is 0 Å². The van der Waals surface area contributed by atoms with E-state index in [1.54, 1.807) is 17.0 Å². The molecule has 0 bridgehead atoms. The molecule has 7 rings (SSSR count). The summed E-state index contributed by atoms with van der Waals surface area (Å²) in [4.78, 5) is 33.3. The Morgan fingerprint density at radius 2 is 1.73 bits per heavy atom. The van der Waals surface area contributed by atoms with Crippen molar-refractivity contribution in [1.29, 1.82) is 0 Å². The molecular formula is C33H37N7O3S. The van der Waals surface area contributed by atoms with Crippen LogP contribution in [0.3, 0.4) is 0 Å². The Hall–Kier alpha value is -4.09. The number of sulfonamides is 1. The SMILES string of the molecule is Cc1ccc(S(=O)(=O)Nc2cc(-c3ccc4ncc5c(c4c3)C3(CCC3)C(=O)N5C)cnc2N2CCC(N(C)C)CC2)cn1. The number of carbonyl (C=O) groups is 1. The number of aryl methyl sites for hydroxylation is 1. The van der Waals surface area contributed by atoms with Gasteiger partial charge in [-0.1, -0.05) is 12.5 Å². The number of nitrogens with one attached hydrogen (secondary N) is 1. The molecular weight excluding hydrogens is 574 g/mol. The third kappa shape index (κ3) is 4.60. The lowest BCUT2D eigenvalue weighted by Gasteiger charge is -2.37. The molecule has 0 atom stereocenters. The Balaban J connectivity index is 1.31. The van der Waals surface area contributed by atoms with Crippen molar-refractivity contribution in [1.82, 2.24) is 19.9 Å². The number of hydrogen-bond acceptors (Lipinski definition) is 8. The van der Waals surface area contributed by atoms with Crippen LogP contribution in [0, 0.1) is 6.92 Å². The van der Waals surface area contributed by atoms with Crippen LogP contribution in [0.1, 0.15) is 43.4 Å². The molecule has 2 fully saturated rings. The van der Waals surface area contributed by atoms with Crippen LogP contribution in [0.2, 0.25) is 0 Å². The summed E-state index contributed by atoms with van der Waals surface area (Å²) in [5, 5.41) is 0.958. The first kappa shape index (κ1) is 28.7. The molecule has 11 heteroatoms. The number of nitrogens with zero attached hydrogens (tertiary/aromatic N) is 6. The van der Waals surface area contributed by atoms with Crippen molar-refractivity contribution in [3.63, 3.8) is 0 Å². The van der Waals surface area contributed by atoms with Gasteiger partial charge >= 0.3 is 0 Å². The second-order valence-electron chi connectivity index (χ2n) is 12.6. The van der Waals surface area contributed by atoms with E-state index in [0.717, 1.165) is 84.2 Å². The molecule has 228 valence electrons. The molecule has 5 heterocycles. The van der Waals surface area contributed by atoms with Crippen molar-refractivity contribution >= 4 is 44.0 Å². The molecule has 44 heavy (non-hydrogen) atoms. The van der Waals surface area contributed by atoms with Crippen molar-refractivity contribution in [2.75, 3.05) is 48.8 Å². The van der Waals surface area contributed by atoms with Gasteiger partial charge < -0.3 is 14.7 Å². The highest BCUT2D eigenvalue weighted by atomic mass is 32.2. The van der Waals surface area contributed by atoms with Gasteiger partial charge in [0.25, 0.3) is 10.0 Å². The monoisotopic (exact) mass is 611 g/mol. The zero-order valence-corrected chi connectivity index (χ0v) is 26.4. The minimum Gasteiger partial charge on any atom is -0.355 e. The van der Waals surface area contributed by atoms with Crippen LogP contribution in [0.5, 0.6) is 0 Å². The van der Waals surface area contributed by atoms with Crippen LogP contribution >= 0.6 is 0 Å². The molecule has 3 aromatic heterocycles. The fourth-order valence-corrected chi connectivity index (χ4v) is 8.00. The van der Waals surface area contributed by atoms with Gasteiger partial charge in [0.2, 0.25) is 5.91 Å². The number of pyridine rings is 3. The number of hydrogen-bond donors (Lipinski definition) is 1. The lowest BCUT2D eigenvalue weighted by molar-refractivity contribution is -0.125. The Kier molecular flexibility index (Phi) is 6.85. The van der Waals surface area contributed by atoms with E-state index in [1.165, 1.54) is 6.20 Å². The average Bonchev–Trinajstić information content (AvgIpc) is 3.24. The Morgan fingerprint density at radius 1 is 0.955 bits per heavy atom. The predicted octanol–water partition coefficient (Wildman–Crippen LogP) is 4.73. The van der Waals surface area contributed by atoms with E-state index in [0.29, 0.717) is 17.5 Å². The van der Waals surface area contributed by atoms with Crippen molar-refractivity contribution in [2.45, 2.75) is 55.4 Å². The minimum atomic E-state index is -3.92. The standard InChI is InChI=1S/C33H37N7O3S/c1-21-6-8-25(19-34-21)44(42,43)37-28-17-23(18-36-31(28)40-14-10-24(11-15-40)38(2)3)22-7-9-27-26(16-22)30-29(20-35-27)39(4)32(41)33(30)12-5-13-33/h6-9,16-20,24,37H,5,10-15H2,1-4H3. The summed E-state index contributed by atoms with van der Waals surface area (Å²) in [6.45, 7) is 3.36. The fraction of sp³-hybridized carbons (Fsp3) is 0.394. The number of amides is 1. The van der Waals surface area contributed by atoms with E-state index in [9.17, 15) is 13.2 Å². The maximum Gasteiger partial charge on any atom is 0.263 e. The molecule has 3 aliphatic rings. The zero-order chi connectivity index (χ0) is 30.8. The fourth-order valence-electron chi connectivity index (χ4n) is 7.00. The molecule has 0 unspecified atom stereocenters. The van der Waals surface area contributed by atoms with Gasteiger partial charge in [-0.3, -0.25) is 19.5 Å². The average molecular weight is 612 g/mol. The third-order valence-corrected chi connectivity index (χ3v) is 11.1. The molecule has 1 spiro atoms. The molecule has 0 radical (unpaired) electrons. The topological polar surface area (TPSA) is 112 Å². The molecule has 4 aromatic rings. The lowest BCUT2D eigenvalue weighted by atomic mass is 9.64. The molecule has 10 nitrogen and oxygen atoms in total. The maximum atomic E-state index is 13.6. The summed E-state index contributed by atoms with van der Waals surface area (Å²) in [6, 6.07) is 11.6. The van der Waals surface area contributed by atoms with Crippen LogP contribution in [-0.4, -0.2) is 74.5 Å². The normalized spacial score (nSPS) is 18.2. The van der Waals surface area contributed by atoms with Crippen LogP contribution in [0.4, 0.5) is 17.2 Å². The van der Waals surface area contributed by atoms with Crippen molar-refractivity contribution in [3.05, 3.63) is 66.2 Å². The maximum absolute atomic E-state index is 13.6. The van der Waals surface area contributed by atoms with E-state index in [1.807, 2.05) is 44.6 Å². The van der Waals surface area contributed by atoms with Gasteiger partial charge in [0.15, 0.2) is 5.82 Å². The number of fused-ring (bicyclic) bond motifs is 4. The number of carbonyl (C=O) groups excluding carboxylic acids is 1. The quantitative estimate of drug-likeness (QED) is 0.333. The number of aromatic nitrogens is 3. The molecule has 1 amide bonds. The summed E-state index contributed by atoms with van der Waals surface area (Å²) < 4.78 is 30.0. The molecule has 1 aliphatic carbocycles. The summed E-state index contributed by atoms with van der Waals surface area (Å²) in [5.74, 6) is 0.753. The number of rotatable bonds is 6. The number of likely N-dealkylation sites (N-methyl/N-ethyl adjacent to an activating group) is 1. The highest BCUT2D eigenvalue weighted by Crippen LogP contribution is 2.55. The molecule has 1 N–H and O–H groups in total. The van der Waals surface area contributed by atoms with Gasteiger partial charge in [-0.15, -0.1) is 0 Å². The number of anilines is 3. The van der Waals surface area contributed by atoms with Gasteiger partial charge in [0.05, 0.1) is 28.5 Å². The summed E-state index contributed by atoms with van der Waals surface area (Å²) in [6.07, 6.45) is 9.63. The van der Waals surface area contributed by atoms with Crippen LogP contribution < -0.4 is 14.5 Å². The van der Waals surface area contributed by atoms with Crippen LogP contribution in [0.15, 0.2) is 59.9 Å². The lowest BCUT2D eigenvalue weighted by Crippen LogP contribution is -2.43. The summed E-state index contributed by atoms with van der Waals surface area (Å²) >= 11 is 0. The largest absolute Gasteiger partial charge is 0.355 e. The predicted molar refractivity (Wildman–Crippen MR) is 173 cm³/mol. The first-order valence-electron chi connectivity index (χ1n) is 15.2. The molecule has 1 saturated heterocycles. The second-order valence-corrected chi connectivity index (χ2v) is 14.3. The van der Waals surface area contributed by atoms with Gasteiger partial charge in [-0.05, 0) is 82.6 Å². The van der Waals surface area contributed by atoms with E-state index in [2.05, 4.69) is 44.7 Å². The Morgan fingerprint density at radius 3 is 2.39 bits per heavy atom. The second kappa shape index (κ2) is 10.5. The summed E-state index contributed by atoms with van der Waals surface area (Å²) in [7, 11) is 2.10. The molecule has 1 aromatic carbocycles. The highest BCUT2D eigenvalue weighted by Gasteiger charge is 2.54. The zero-order valence-electron chi connectivity index (χ0n) is 25.5. The van der Waals surface area contributed by atoms with E-state index < -0.39 is 15.4 Å². The molecule has 1 saturated carbocycles. The minimum absolute atomic E-state index is 0.0951. The number of piperidine rings is 1. The Bertz CT molecular complexity index is 1880. The Labute approximate surface area is 258 Å². The molecule has 2 aliphatic heterocycles. The summed E-state index contributed by atoms with van der Waals surface area (Å²) in [5.41, 5.74) is 5.11. The van der Waals surface area contributed by atoms with Crippen LogP contribution in [-0.2, 0) is 20.2 Å². The van der Waals surface area contributed by atoms with Gasteiger partial charge in [0.1, 0.15) is 4.90 Å². The smallest absolute Gasteiger partial charge is 0.263 e. The van der Waals surface area contributed by atoms with Gasteiger partial charge in [0, 0.05) is 60.8 Å². The van der Waals surface area contributed by atoms with Crippen LogP contribution in [0.25, 0.3) is 22.0 Å². The van der Waals surface area contributed by atoms with E-state index in [-0.39, 0.29) is 10.8 Å². The first-order chi connectivity index (χ1) is 21.1. The van der Waals surface area contributed by atoms with E-state index in [4.69, 9.17) is 4.98 Å². The van der Waals surface area contributed by atoms with Crippen molar-refractivity contribution in [3.8, 4) is 11.1 Å².